The lowest BCUT2D eigenvalue weighted by molar-refractivity contribution is 0.0771. The molecule has 0 radical (unpaired) electrons. The predicted octanol–water partition coefficient (Wildman–Crippen LogP) is 1.95. The second-order valence-corrected chi connectivity index (χ2v) is 6.58. The van der Waals surface area contributed by atoms with E-state index >= 15 is 0 Å². The number of aromatic nitrogens is 1. The molecule has 1 aliphatic carbocycles. The fourth-order valence-corrected chi connectivity index (χ4v) is 4.02. The molecule has 1 aromatic carbocycles. The molecule has 1 N–H and O–H groups in total. The average Bonchev–Trinajstić information content (AvgIpc) is 2.98. The smallest absolute Gasteiger partial charge is 0.282 e. The molecule has 2 heterocycles. The zero-order valence-electron chi connectivity index (χ0n) is 11.8. The molecule has 2 aromatic rings. The van der Waals surface area contributed by atoms with E-state index < -0.39 is 0 Å². The molecule has 1 aromatic heterocycles. The summed E-state index contributed by atoms with van der Waals surface area (Å²) in [7, 11) is 0. The number of fused-ring (bicyclic) bond motifs is 1. The Morgan fingerprint density at radius 1 is 1.32 bits per heavy atom. The Morgan fingerprint density at radius 3 is 2.73 bits per heavy atom. The molecule has 0 spiro atoms. The number of hydrogen-bond acceptors (Lipinski definition) is 5. The van der Waals surface area contributed by atoms with Gasteiger partial charge in [0.25, 0.3) is 5.91 Å². The van der Waals surface area contributed by atoms with Crippen LogP contribution in [-0.2, 0) is 0 Å². The summed E-state index contributed by atoms with van der Waals surface area (Å²) in [6.45, 7) is 1.45. The predicted molar refractivity (Wildman–Crippen MR) is 83.0 cm³/mol. The van der Waals surface area contributed by atoms with Crippen LogP contribution in [0.2, 0.25) is 0 Å². The van der Waals surface area contributed by atoms with E-state index in [0.29, 0.717) is 16.8 Å². The zero-order valence-corrected chi connectivity index (χ0v) is 12.6. The zero-order chi connectivity index (χ0) is 15.1. The molecule has 1 saturated carbocycles. The van der Waals surface area contributed by atoms with E-state index in [0.717, 1.165) is 24.3 Å². The van der Waals surface area contributed by atoms with E-state index in [4.69, 9.17) is 5.26 Å². The first-order chi connectivity index (χ1) is 10.8. The first-order valence-corrected chi connectivity index (χ1v) is 8.11. The summed E-state index contributed by atoms with van der Waals surface area (Å²) >= 11 is 1.40. The average molecular weight is 310 g/mol. The lowest BCUT2D eigenvalue weighted by Gasteiger charge is -2.18. The highest BCUT2D eigenvalue weighted by molar-refractivity contribution is 7.12. The fraction of sp³-hybridized carbons (Fsp3) is 0.312. The Labute approximate surface area is 132 Å². The molecule has 1 saturated heterocycles. The monoisotopic (exact) mass is 310 g/mol. The van der Waals surface area contributed by atoms with Crippen LogP contribution >= 0.6 is 11.3 Å². The van der Waals surface area contributed by atoms with Crippen molar-refractivity contribution in [3.63, 3.8) is 0 Å². The van der Waals surface area contributed by atoms with Crippen LogP contribution in [0.3, 0.4) is 0 Å². The van der Waals surface area contributed by atoms with Crippen molar-refractivity contribution in [3.8, 4) is 17.5 Å². The summed E-state index contributed by atoms with van der Waals surface area (Å²) in [6.07, 6.45) is 1.99. The Kier molecular flexibility index (Phi) is 3.09. The number of benzene rings is 1. The lowest BCUT2D eigenvalue weighted by Crippen LogP contribution is -2.34. The number of nitrogens with zero attached hydrogens (tertiary/aromatic N) is 3. The summed E-state index contributed by atoms with van der Waals surface area (Å²) in [5.41, 5.74) is 1.88. The molecule has 4 rings (SSSR count). The Morgan fingerprint density at radius 2 is 2.05 bits per heavy atom. The van der Waals surface area contributed by atoms with Crippen LogP contribution in [0, 0.1) is 23.3 Å². The molecule has 22 heavy (non-hydrogen) atoms. The lowest BCUT2D eigenvalue weighted by atomic mass is 10.2. The highest BCUT2D eigenvalue weighted by Gasteiger charge is 2.57. The number of carbonyl (C=O) groups excluding carboxylic acids is 1. The van der Waals surface area contributed by atoms with E-state index in [2.05, 4.69) is 10.3 Å². The third-order valence-electron chi connectivity index (χ3n) is 4.47. The van der Waals surface area contributed by atoms with Gasteiger partial charge in [0.2, 0.25) is 0 Å². The molecular formula is C16H14N4OS. The molecular weight excluding hydrogens is 296 g/mol. The second kappa shape index (κ2) is 5.11. The van der Waals surface area contributed by atoms with Gasteiger partial charge in [0.1, 0.15) is 0 Å². The van der Waals surface area contributed by atoms with Gasteiger partial charge in [0.15, 0.2) is 11.2 Å². The molecule has 1 amide bonds. The maximum absolute atomic E-state index is 12.5. The van der Waals surface area contributed by atoms with E-state index in [1.165, 1.54) is 11.3 Å². The van der Waals surface area contributed by atoms with Gasteiger partial charge in [-0.2, -0.15) is 5.26 Å². The second-order valence-electron chi connectivity index (χ2n) is 5.72. The van der Waals surface area contributed by atoms with Crippen molar-refractivity contribution < 1.29 is 4.79 Å². The number of thiazole rings is 1. The van der Waals surface area contributed by atoms with Gasteiger partial charge in [-0.15, -0.1) is 11.3 Å². The number of amides is 1. The quantitative estimate of drug-likeness (QED) is 0.695. The summed E-state index contributed by atoms with van der Waals surface area (Å²) < 4.78 is 0. The van der Waals surface area contributed by atoms with Gasteiger partial charge < -0.3 is 10.2 Å². The summed E-state index contributed by atoms with van der Waals surface area (Å²) in [4.78, 5) is 18.8. The van der Waals surface area contributed by atoms with Crippen molar-refractivity contribution in [1.29, 1.82) is 5.26 Å². The number of rotatable bonds is 3. The van der Waals surface area contributed by atoms with Gasteiger partial charge in [-0.3, -0.25) is 4.79 Å². The van der Waals surface area contributed by atoms with Gasteiger partial charge in [-0.25, -0.2) is 4.98 Å². The Bertz CT molecular complexity index is 739. The van der Waals surface area contributed by atoms with Gasteiger partial charge in [-0.1, -0.05) is 30.3 Å². The Balaban J connectivity index is 1.45. The van der Waals surface area contributed by atoms with Crippen LogP contribution in [0.25, 0.3) is 11.3 Å². The van der Waals surface area contributed by atoms with Crippen molar-refractivity contribution in [1.82, 2.24) is 15.2 Å². The number of hydrogen-bond donors (Lipinski definition) is 1. The minimum Gasteiger partial charge on any atom is -0.336 e. The van der Waals surface area contributed by atoms with E-state index in [9.17, 15) is 4.79 Å². The molecule has 6 heteroatoms. The van der Waals surface area contributed by atoms with Gasteiger partial charge >= 0.3 is 0 Å². The maximum atomic E-state index is 12.5. The minimum absolute atomic E-state index is 0.00934. The standard InChI is InChI=1S/C16H14N4OS/c17-9-18-14-11-6-20(7-12(11)14)16(21)15-19-13(8-22-15)10-4-2-1-3-5-10/h1-5,8,11-12,14,18H,6-7H2/t11-,12+,14+. The minimum atomic E-state index is 0.00934. The fourth-order valence-electron chi connectivity index (χ4n) is 3.23. The number of carbonyl (C=O) groups is 1. The Hall–Kier alpha value is -2.39. The van der Waals surface area contributed by atoms with Crippen LogP contribution in [0.1, 0.15) is 9.80 Å². The number of likely N-dealkylation sites (tertiary alicyclic amines) is 1. The van der Waals surface area contributed by atoms with Gasteiger partial charge in [0.05, 0.1) is 5.69 Å². The van der Waals surface area contributed by atoms with Crippen LogP contribution in [0.15, 0.2) is 35.7 Å². The van der Waals surface area contributed by atoms with Crippen LogP contribution < -0.4 is 5.32 Å². The molecule has 0 bridgehead atoms. The SMILES string of the molecule is N#CN[C@H]1[C@@H]2CN(C(=O)c3nc(-c4ccccc4)cs3)C[C@@H]21. The van der Waals surface area contributed by atoms with Crippen molar-refractivity contribution in [2.75, 3.05) is 13.1 Å². The van der Waals surface area contributed by atoms with Crippen molar-refractivity contribution in [2.24, 2.45) is 11.8 Å². The van der Waals surface area contributed by atoms with Crippen LogP contribution in [0.4, 0.5) is 0 Å². The maximum Gasteiger partial charge on any atom is 0.282 e. The number of piperidine rings is 1. The molecule has 0 unspecified atom stereocenters. The molecule has 5 nitrogen and oxygen atoms in total. The molecule has 1 aliphatic heterocycles. The summed E-state index contributed by atoms with van der Waals surface area (Å²) in [6, 6.07) is 10.1. The van der Waals surface area contributed by atoms with Gasteiger partial charge in [0, 0.05) is 41.9 Å². The highest BCUT2D eigenvalue weighted by Crippen LogP contribution is 2.45. The highest BCUT2D eigenvalue weighted by atomic mass is 32.1. The molecule has 2 aliphatic rings. The van der Waals surface area contributed by atoms with E-state index in [1.807, 2.05) is 46.8 Å². The topological polar surface area (TPSA) is 69.0 Å². The molecule has 2 fully saturated rings. The number of nitriles is 1. The number of nitrogens with one attached hydrogen (secondary N) is 1. The van der Waals surface area contributed by atoms with E-state index in [1.54, 1.807) is 0 Å². The van der Waals surface area contributed by atoms with Gasteiger partial charge in [-0.05, 0) is 0 Å². The van der Waals surface area contributed by atoms with Crippen molar-refractivity contribution >= 4 is 17.2 Å². The van der Waals surface area contributed by atoms with Crippen molar-refractivity contribution in [3.05, 3.63) is 40.7 Å². The third-order valence-corrected chi connectivity index (χ3v) is 5.30. The summed E-state index contributed by atoms with van der Waals surface area (Å²) in [5, 5.41) is 13.9. The third kappa shape index (κ3) is 2.14. The van der Waals surface area contributed by atoms with Crippen molar-refractivity contribution in [2.45, 2.75) is 6.04 Å². The van der Waals surface area contributed by atoms with Crippen LogP contribution in [-0.4, -0.2) is 34.9 Å². The first-order valence-electron chi connectivity index (χ1n) is 7.23. The first kappa shape index (κ1) is 13.3. The molecule has 3 atom stereocenters. The largest absolute Gasteiger partial charge is 0.336 e. The molecule has 110 valence electrons. The normalized spacial score (nSPS) is 25.4. The van der Waals surface area contributed by atoms with Crippen LogP contribution in [0.5, 0.6) is 0 Å². The summed E-state index contributed by atoms with van der Waals surface area (Å²) in [5.74, 6) is 0.865. The van der Waals surface area contributed by atoms with E-state index in [-0.39, 0.29) is 11.9 Å².